The van der Waals surface area contributed by atoms with Crippen LogP contribution in [0, 0.1) is 0 Å². The summed E-state index contributed by atoms with van der Waals surface area (Å²) in [6.45, 7) is 8.38. The van der Waals surface area contributed by atoms with Gasteiger partial charge in [-0.3, -0.25) is 9.80 Å². The van der Waals surface area contributed by atoms with Crippen LogP contribution in [0.15, 0.2) is 29.2 Å². The van der Waals surface area contributed by atoms with Crippen LogP contribution in [0.1, 0.15) is 12.0 Å². The molecule has 1 atom stereocenters. The first-order valence-electron chi connectivity index (χ1n) is 7.65. The standard InChI is InChI=1S/C16H25N3S/c1-20-16-4-2-14(3-5-16)13-18-8-10-19(11-9-18)15-6-7-17-12-15/h2-5,15,17H,6-13H2,1H3. The Morgan fingerprint density at radius 3 is 2.50 bits per heavy atom. The van der Waals surface area contributed by atoms with Crippen LogP contribution >= 0.6 is 11.8 Å². The molecule has 2 aliphatic heterocycles. The highest BCUT2D eigenvalue weighted by molar-refractivity contribution is 7.98. The lowest BCUT2D eigenvalue weighted by atomic mass is 10.1. The molecule has 3 rings (SSSR count). The predicted molar refractivity (Wildman–Crippen MR) is 86.3 cm³/mol. The van der Waals surface area contributed by atoms with Crippen LogP contribution in [0.25, 0.3) is 0 Å². The molecule has 0 bridgehead atoms. The van der Waals surface area contributed by atoms with Crippen LogP contribution in [0.4, 0.5) is 0 Å². The van der Waals surface area contributed by atoms with E-state index in [2.05, 4.69) is 45.6 Å². The van der Waals surface area contributed by atoms with E-state index in [9.17, 15) is 0 Å². The highest BCUT2D eigenvalue weighted by Crippen LogP contribution is 2.17. The SMILES string of the molecule is CSc1ccc(CN2CCN(C3CCNC3)CC2)cc1. The molecule has 2 saturated heterocycles. The van der Waals surface area contributed by atoms with Crippen molar-refractivity contribution < 1.29 is 0 Å². The molecule has 1 N–H and O–H groups in total. The summed E-state index contributed by atoms with van der Waals surface area (Å²) in [5, 5.41) is 3.47. The minimum absolute atomic E-state index is 0.790. The Morgan fingerprint density at radius 1 is 1.15 bits per heavy atom. The summed E-state index contributed by atoms with van der Waals surface area (Å²) in [5.41, 5.74) is 1.44. The number of rotatable bonds is 4. The van der Waals surface area contributed by atoms with Crippen LogP contribution in [0.5, 0.6) is 0 Å². The molecule has 0 radical (unpaired) electrons. The van der Waals surface area contributed by atoms with Crippen molar-refractivity contribution in [2.75, 3.05) is 45.5 Å². The second-order valence-electron chi connectivity index (χ2n) is 5.81. The maximum atomic E-state index is 3.47. The molecule has 0 spiro atoms. The number of benzene rings is 1. The zero-order valence-corrected chi connectivity index (χ0v) is 13.2. The molecule has 0 amide bonds. The van der Waals surface area contributed by atoms with Crippen molar-refractivity contribution in [2.45, 2.75) is 23.9 Å². The Morgan fingerprint density at radius 2 is 1.90 bits per heavy atom. The van der Waals surface area contributed by atoms with Crippen LogP contribution in [0.2, 0.25) is 0 Å². The van der Waals surface area contributed by atoms with Crippen molar-refractivity contribution >= 4 is 11.8 Å². The molecule has 0 aliphatic carbocycles. The molecule has 110 valence electrons. The van der Waals surface area contributed by atoms with E-state index in [1.807, 2.05) is 11.8 Å². The van der Waals surface area contributed by atoms with E-state index in [1.54, 1.807) is 0 Å². The molecule has 1 aromatic rings. The van der Waals surface area contributed by atoms with Gasteiger partial charge in [-0.1, -0.05) is 12.1 Å². The molecule has 20 heavy (non-hydrogen) atoms. The zero-order valence-electron chi connectivity index (χ0n) is 12.3. The maximum absolute atomic E-state index is 3.47. The highest BCUT2D eigenvalue weighted by atomic mass is 32.2. The quantitative estimate of drug-likeness (QED) is 0.854. The summed E-state index contributed by atoms with van der Waals surface area (Å²) >= 11 is 1.81. The van der Waals surface area contributed by atoms with E-state index >= 15 is 0 Å². The maximum Gasteiger partial charge on any atom is 0.0234 e. The van der Waals surface area contributed by atoms with E-state index in [0.717, 1.165) is 12.6 Å². The largest absolute Gasteiger partial charge is 0.315 e. The van der Waals surface area contributed by atoms with Gasteiger partial charge in [-0.2, -0.15) is 0 Å². The van der Waals surface area contributed by atoms with E-state index in [4.69, 9.17) is 0 Å². The predicted octanol–water partition coefficient (Wildman–Crippen LogP) is 1.89. The Bertz CT molecular complexity index is 406. The normalized spacial score (nSPS) is 25.1. The number of nitrogens with one attached hydrogen (secondary N) is 1. The summed E-state index contributed by atoms with van der Waals surface area (Å²) in [6.07, 6.45) is 3.46. The van der Waals surface area contributed by atoms with Crippen LogP contribution < -0.4 is 5.32 Å². The smallest absolute Gasteiger partial charge is 0.0234 e. The van der Waals surface area contributed by atoms with Crippen molar-refractivity contribution in [3.63, 3.8) is 0 Å². The van der Waals surface area contributed by atoms with Crippen molar-refractivity contribution in [1.29, 1.82) is 0 Å². The first-order chi connectivity index (χ1) is 9.85. The Labute approximate surface area is 126 Å². The fourth-order valence-corrected chi connectivity index (χ4v) is 3.64. The van der Waals surface area contributed by atoms with E-state index in [0.29, 0.717) is 0 Å². The third-order valence-electron chi connectivity index (χ3n) is 4.52. The first-order valence-corrected chi connectivity index (χ1v) is 8.87. The average Bonchev–Trinajstić information content (AvgIpc) is 3.03. The number of thioether (sulfide) groups is 1. The van der Waals surface area contributed by atoms with Gasteiger partial charge in [-0.15, -0.1) is 11.8 Å². The summed E-state index contributed by atoms with van der Waals surface area (Å²) in [4.78, 5) is 6.62. The zero-order chi connectivity index (χ0) is 13.8. The summed E-state index contributed by atoms with van der Waals surface area (Å²) in [6, 6.07) is 9.82. The van der Waals surface area contributed by atoms with Crippen molar-refractivity contribution in [1.82, 2.24) is 15.1 Å². The lowest BCUT2D eigenvalue weighted by Crippen LogP contribution is -2.50. The molecule has 0 aromatic heterocycles. The molecule has 1 aromatic carbocycles. The molecular formula is C16H25N3S. The summed E-state index contributed by atoms with van der Waals surface area (Å²) in [5.74, 6) is 0. The molecule has 2 fully saturated rings. The monoisotopic (exact) mass is 291 g/mol. The van der Waals surface area contributed by atoms with Gasteiger partial charge in [-0.05, 0) is 36.9 Å². The summed E-state index contributed by atoms with van der Waals surface area (Å²) < 4.78 is 0. The Balaban J connectivity index is 1.47. The second-order valence-corrected chi connectivity index (χ2v) is 6.69. The van der Waals surface area contributed by atoms with E-state index in [-0.39, 0.29) is 0 Å². The molecule has 4 heteroatoms. The average molecular weight is 291 g/mol. The number of hydrogen-bond donors (Lipinski definition) is 1. The van der Waals surface area contributed by atoms with E-state index in [1.165, 1.54) is 56.1 Å². The van der Waals surface area contributed by atoms with Gasteiger partial charge in [0.25, 0.3) is 0 Å². The fraction of sp³-hybridized carbons (Fsp3) is 0.625. The number of hydrogen-bond acceptors (Lipinski definition) is 4. The van der Waals surface area contributed by atoms with Crippen molar-refractivity contribution in [3.8, 4) is 0 Å². The van der Waals surface area contributed by atoms with Crippen LogP contribution in [0.3, 0.4) is 0 Å². The molecule has 2 aliphatic rings. The molecule has 3 nitrogen and oxygen atoms in total. The van der Waals surface area contributed by atoms with E-state index < -0.39 is 0 Å². The third-order valence-corrected chi connectivity index (χ3v) is 5.27. The van der Waals surface area contributed by atoms with Gasteiger partial charge in [0.1, 0.15) is 0 Å². The summed E-state index contributed by atoms with van der Waals surface area (Å²) in [7, 11) is 0. The fourth-order valence-electron chi connectivity index (χ4n) is 3.23. The lowest BCUT2D eigenvalue weighted by molar-refractivity contribution is 0.0981. The molecule has 2 heterocycles. The van der Waals surface area contributed by atoms with Crippen LogP contribution in [-0.2, 0) is 6.54 Å². The molecule has 1 unspecified atom stereocenters. The Hall–Kier alpha value is -0.550. The van der Waals surface area contributed by atoms with Crippen molar-refractivity contribution in [2.24, 2.45) is 0 Å². The van der Waals surface area contributed by atoms with Gasteiger partial charge in [0.2, 0.25) is 0 Å². The molecule has 0 saturated carbocycles. The molecular weight excluding hydrogens is 266 g/mol. The Kier molecular flexibility index (Phi) is 4.99. The highest BCUT2D eigenvalue weighted by Gasteiger charge is 2.25. The van der Waals surface area contributed by atoms with Gasteiger partial charge in [0.15, 0.2) is 0 Å². The van der Waals surface area contributed by atoms with Gasteiger partial charge in [0.05, 0.1) is 0 Å². The van der Waals surface area contributed by atoms with Gasteiger partial charge >= 0.3 is 0 Å². The third kappa shape index (κ3) is 3.55. The second kappa shape index (κ2) is 6.94. The van der Waals surface area contributed by atoms with Crippen molar-refractivity contribution in [3.05, 3.63) is 29.8 Å². The van der Waals surface area contributed by atoms with Gasteiger partial charge < -0.3 is 5.32 Å². The van der Waals surface area contributed by atoms with Gasteiger partial charge in [0, 0.05) is 50.2 Å². The lowest BCUT2D eigenvalue weighted by Gasteiger charge is -2.37. The first kappa shape index (κ1) is 14.4. The van der Waals surface area contributed by atoms with Gasteiger partial charge in [-0.25, -0.2) is 0 Å². The number of nitrogens with zero attached hydrogens (tertiary/aromatic N) is 2. The minimum Gasteiger partial charge on any atom is -0.315 e. The number of piperazine rings is 1. The topological polar surface area (TPSA) is 18.5 Å². The minimum atomic E-state index is 0.790. The van der Waals surface area contributed by atoms with Crippen LogP contribution in [-0.4, -0.2) is 61.4 Å².